The zero-order valence-electron chi connectivity index (χ0n) is 7.67. The monoisotopic (exact) mass is 169 g/mol. The summed E-state index contributed by atoms with van der Waals surface area (Å²) in [6.07, 6.45) is 7.34. The minimum Gasteiger partial charge on any atom is -0.377 e. The molecule has 0 spiro atoms. The summed E-state index contributed by atoms with van der Waals surface area (Å²) in [5.41, 5.74) is 5.57. The van der Waals surface area contributed by atoms with E-state index in [1.54, 1.807) is 0 Å². The van der Waals surface area contributed by atoms with E-state index in [9.17, 15) is 0 Å². The molecule has 1 saturated heterocycles. The van der Waals surface area contributed by atoms with Crippen LogP contribution in [0.5, 0.6) is 0 Å². The van der Waals surface area contributed by atoms with Crippen LogP contribution >= 0.6 is 0 Å². The maximum atomic E-state index is 5.60. The van der Waals surface area contributed by atoms with Crippen LogP contribution in [0.3, 0.4) is 0 Å². The third-order valence-electron chi connectivity index (χ3n) is 3.44. The Morgan fingerprint density at radius 2 is 1.92 bits per heavy atom. The molecule has 2 N–H and O–H groups in total. The molecule has 0 bridgehead atoms. The predicted molar refractivity (Wildman–Crippen MR) is 48.9 cm³/mol. The van der Waals surface area contributed by atoms with Crippen LogP contribution in [0.2, 0.25) is 0 Å². The lowest BCUT2D eigenvalue weighted by molar-refractivity contribution is 0.108. The summed E-state index contributed by atoms with van der Waals surface area (Å²) in [6.45, 7) is 1.69. The Morgan fingerprint density at radius 3 is 2.50 bits per heavy atom. The molecule has 1 saturated carbocycles. The van der Waals surface area contributed by atoms with Crippen molar-refractivity contribution >= 4 is 0 Å². The Morgan fingerprint density at radius 1 is 1.17 bits per heavy atom. The standard InChI is InChI=1S/C10H19NO/c11-6-10-5-9(7-12-10)8-3-1-2-4-8/h8-10H,1-7,11H2/t9-,10-/m0/s1. The van der Waals surface area contributed by atoms with Gasteiger partial charge in [-0.15, -0.1) is 0 Å². The van der Waals surface area contributed by atoms with E-state index in [0.717, 1.165) is 18.4 Å². The Labute approximate surface area is 74.5 Å². The van der Waals surface area contributed by atoms with Crippen LogP contribution in [0, 0.1) is 11.8 Å². The first-order chi connectivity index (χ1) is 5.90. The largest absolute Gasteiger partial charge is 0.377 e. The van der Waals surface area contributed by atoms with E-state index < -0.39 is 0 Å². The maximum absolute atomic E-state index is 5.60. The summed E-state index contributed by atoms with van der Waals surface area (Å²) in [6, 6.07) is 0. The van der Waals surface area contributed by atoms with E-state index in [-0.39, 0.29) is 0 Å². The molecule has 12 heavy (non-hydrogen) atoms. The average Bonchev–Trinajstić information content (AvgIpc) is 2.75. The highest BCUT2D eigenvalue weighted by Crippen LogP contribution is 2.36. The minimum atomic E-state index is 0.371. The fourth-order valence-corrected chi connectivity index (χ4v) is 2.66. The Hall–Kier alpha value is -0.0800. The summed E-state index contributed by atoms with van der Waals surface area (Å²) in [4.78, 5) is 0. The predicted octanol–water partition coefficient (Wildman–Crippen LogP) is 1.54. The van der Waals surface area contributed by atoms with Crippen LogP contribution in [-0.2, 0) is 4.74 Å². The van der Waals surface area contributed by atoms with Gasteiger partial charge in [-0.3, -0.25) is 0 Å². The van der Waals surface area contributed by atoms with Gasteiger partial charge in [0.05, 0.1) is 12.7 Å². The van der Waals surface area contributed by atoms with Crippen LogP contribution in [0.15, 0.2) is 0 Å². The highest BCUT2D eigenvalue weighted by Gasteiger charge is 2.32. The van der Waals surface area contributed by atoms with E-state index in [1.807, 2.05) is 0 Å². The lowest BCUT2D eigenvalue weighted by Crippen LogP contribution is -2.19. The van der Waals surface area contributed by atoms with Crippen molar-refractivity contribution in [1.29, 1.82) is 0 Å². The van der Waals surface area contributed by atoms with Crippen LogP contribution in [0.4, 0.5) is 0 Å². The van der Waals surface area contributed by atoms with Gasteiger partial charge in [-0.25, -0.2) is 0 Å². The van der Waals surface area contributed by atoms with Crippen molar-refractivity contribution in [3.63, 3.8) is 0 Å². The van der Waals surface area contributed by atoms with Gasteiger partial charge in [0.2, 0.25) is 0 Å². The first kappa shape index (κ1) is 8.52. The van der Waals surface area contributed by atoms with Gasteiger partial charge in [0.1, 0.15) is 0 Å². The second kappa shape index (κ2) is 3.75. The number of rotatable bonds is 2. The molecule has 0 aromatic heterocycles. The molecular formula is C10H19NO. The molecule has 0 unspecified atom stereocenters. The smallest absolute Gasteiger partial charge is 0.0701 e. The van der Waals surface area contributed by atoms with Crippen LogP contribution in [0.25, 0.3) is 0 Å². The van der Waals surface area contributed by atoms with Crippen LogP contribution in [0.1, 0.15) is 32.1 Å². The third-order valence-corrected chi connectivity index (χ3v) is 3.44. The molecule has 2 aliphatic rings. The molecule has 70 valence electrons. The van der Waals surface area contributed by atoms with Gasteiger partial charge < -0.3 is 10.5 Å². The second-order valence-corrected chi connectivity index (χ2v) is 4.23. The summed E-state index contributed by atoms with van der Waals surface area (Å²) < 4.78 is 5.60. The molecule has 0 radical (unpaired) electrons. The van der Waals surface area contributed by atoms with E-state index in [2.05, 4.69) is 0 Å². The number of nitrogens with two attached hydrogens (primary N) is 1. The highest BCUT2D eigenvalue weighted by atomic mass is 16.5. The lowest BCUT2D eigenvalue weighted by atomic mass is 9.89. The normalized spacial score (nSPS) is 37.8. The molecule has 2 fully saturated rings. The van der Waals surface area contributed by atoms with E-state index in [4.69, 9.17) is 10.5 Å². The van der Waals surface area contributed by atoms with Gasteiger partial charge in [0.15, 0.2) is 0 Å². The summed E-state index contributed by atoms with van der Waals surface area (Å²) >= 11 is 0. The zero-order valence-corrected chi connectivity index (χ0v) is 7.67. The molecule has 1 heterocycles. The van der Waals surface area contributed by atoms with Crippen molar-refractivity contribution < 1.29 is 4.74 Å². The van der Waals surface area contributed by atoms with Crippen molar-refractivity contribution in [3.8, 4) is 0 Å². The van der Waals surface area contributed by atoms with Gasteiger partial charge in [-0.2, -0.15) is 0 Å². The third kappa shape index (κ3) is 1.64. The van der Waals surface area contributed by atoms with Gasteiger partial charge in [0.25, 0.3) is 0 Å². The number of hydrogen-bond donors (Lipinski definition) is 1. The van der Waals surface area contributed by atoms with Gasteiger partial charge in [0, 0.05) is 6.54 Å². The highest BCUT2D eigenvalue weighted by molar-refractivity contribution is 4.82. The quantitative estimate of drug-likeness (QED) is 0.680. The van der Waals surface area contributed by atoms with Gasteiger partial charge >= 0.3 is 0 Å². The topological polar surface area (TPSA) is 35.2 Å². The van der Waals surface area contributed by atoms with Crippen molar-refractivity contribution in [1.82, 2.24) is 0 Å². The lowest BCUT2D eigenvalue weighted by Gasteiger charge is -2.15. The van der Waals surface area contributed by atoms with Gasteiger partial charge in [-0.1, -0.05) is 25.7 Å². The molecule has 0 amide bonds. The molecule has 2 atom stereocenters. The molecule has 1 aliphatic carbocycles. The van der Waals surface area contributed by atoms with Crippen LogP contribution in [-0.4, -0.2) is 19.3 Å². The summed E-state index contributed by atoms with van der Waals surface area (Å²) in [5.74, 6) is 1.79. The van der Waals surface area contributed by atoms with E-state index >= 15 is 0 Å². The fraction of sp³-hybridized carbons (Fsp3) is 1.00. The molecule has 1 aliphatic heterocycles. The fourth-order valence-electron chi connectivity index (χ4n) is 2.66. The number of ether oxygens (including phenoxy) is 1. The van der Waals surface area contributed by atoms with Crippen molar-refractivity contribution in [2.24, 2.45) is 17.6 Å². The molecule has 2 rings (SSSR count). The summed E-state index contributed by atoms with van der Waals surface area (Å²) in [5, 5.41) is 0. The van der Waals surface area contributed by atoms with Crippen molar-refractivity contribution in [3.05, 3.63) is 0 Å². The SMILES string of the molecule is NC[C@@H]1C[C@H](C2CCCC2)CO1. The average molecular weight is 169 g/mol. The molecule has 0 aromatic carbocycles. The molecular weight excluding hydrogens is 150 g/mol. The molecule has 2 nitrogen and oxygen atoms in total. The maximum Gasteiger partial charge on any atom is 0.0701 e. The summed E-state index contributed by atoms with van der Waals surface area (Å²) in [7, 11) is 0. The van der Waals surface area contributed by atoms with Crippen LogP contribution < -0.4 is 5.73 Å². The molecule has 2 heteroatoms. The Bertz CT molecular complexity index is 143. The first-order valence-electron chi connectivity index (χ1n) is 5.22. The Balaban J connectivity index is 1.81. The van der Waals surface area contributed by atoms with E-state index in [0.29, 0.717) is 12.6 Å². The number of hydrogen-bond acceptors (Lipinski definition) is 2. The zero-order chi connectivity index (χ0) is 8.39. The molecule has 0 aromatic rings. The van der Waals surface area contributed by atoms with Gasteiger partial charge in [-0.05, 0) is 18.3 Å². The first-order valence-corrected chi connectivity index (χ1v) is 5.22. The van der Waals surface area contributed by atoms with Crippen molar-refractivity contribution in [2.45, 2.75) is 38.2 Å². The van der Waals surface area contributed by atoms with Crippen molar-refractivity contribution in [2.75, 3.05) is 13.2 Å². The second-order valence-electron chi connectivity index (χ2n) is 4.23. The minimum absolute atomic E-state index is 0.371. The van der Waals surface area contributed by atoms with E-state index in [1.165, 1.54) is 32.1 Å². The Kier molecular flexibility index (Phi) is 2.66.